The van der Waals surface area contributed by atoms with Gasteiger partial charge in [-0.05, 0) is 24.6 Å². The molecule has 0 aliphatic heterocycles. The molecular formula is C21H18N4O. The van der Waals surface area contributed by atoms with Crippen LogP contribution in [0.25, 0.3) is 22.8 Å². The smallest absolute Gasteiger partial charge is 0.261 e. The zero-order chi connectivity index (χ0) is 17.8. The van der Waals surface area contributed by atoms with Crippen molar-refractivity contribution in [2.45, 2.75) is 13.5 Å². The monoisotopic (exact) mass is 342 g/mol. The Bertz CT molecular complexity index is 994. The zero-order valence-corrected chi connectivity index (χ0v) is 14.4. The van der Waals surface area contributed by atoms with Gasteiger partial charge >= 0.3 is 0 Å². The molecule has 2 heterocycles. The Kier molecular flexibility index (Phi) is 4.43. The molecule has 0 amide bonds. The van der Waals surface area contributed by atoms with Crippen LogP contribution in [0.5, 0.6) is 0 Å². The molecule has 2 aromatic carbocycles. The Hall–Kier alpha value is -3.47. The molecule has 0 aliphatic carbocycles. The third-order valence-corrected chi connectivity index (χ3v) is 4.08. The van der Waals surface area contributed by atoms with E-state index in [0.717, 1.165) is 16.9 Å². The van der Waals surface area contributed by atoms with Gasteiger partial charge in [-0.25, -0.2) is 4.98 Å². The number of nitrogens with zero attached hydrogens (tertiary/aromatic N) is 3. The van der Waals surface area contributed by atoms with Crippen LogP contribution < -0.4 is 5.32 Å². The van der Waals surface area contributed by atoms with E-state index in [1.54, 1.807) is 6.20 Å². The van der Waals surface area contributed by atoms with Crippen LogP contribution in [0.4, 0.5) is 5.82 Å². The average Bonchev–Trinajstić information content (AvgIpc) is 3.19. The molecule has 5 heteroatoms. The van der Waals surface area contributed by atoms with Crippen molar-refractivity contribution >= 4 is 5.82 Å². The van der Waals surface area contributed by atoms with E-state index in [2.05, 4.69) is 51.6 Å². The van der Waals surface area contributed by atoms with Crippen molar-refractivity contribution < 1.29 is 4.52 Å². The molecule has 0 saturated heterocycles. The number of benzene rings is 2. The summed E-state index contributed by atoms with van der Waals surface area (Å²) in [6.45, 7) is 2.75. The Morgan fingerprint density at radius 2 is 1.73 bits per heavy atom. The fourth-order valence-electron chi connectivity index (χ4n) is 2.65. The summed E-state index contributed by atoms with van der Waals surface area (Å²) in [7, 11) is 0. The van der Waals surface area contributed by atoms with Gasteiger partial charge in [0, 0.05) is 18.3 Å². The Morgan fingerprint density at radius 3 is 2.54 bits per heavy atom. The summed E-state index contributed by atoms with van der Waals surface area (Å²) in [5, 5.41) is 7.45. The summed E-state index contributed by atoms with van der Waals surface area (Å²) >= 11 is 0. The first-order chi connectivity index (χ1) is 12.8. The van der Waals surface area contributed by atoms with Crippen LogP contribution in [0.2, 0.25) is 0 Å². The van der Waals surface area contributed by atoms with Crippen LogP contribution in [-0.2, 0) is 6.54 Å². The lowest BCUT2D eigenvalue weighted by Crippen LogP contribution is -2.03. The molecular weight excluding hydrogens is 324 g/mol. The predicted molar refractivity (Wildman–Crippen MR) is 101 cm³/mol. The van der Waals surface area contributed by atoms with E-state index >= 15 is 0 Å². The Balaban J connectivity index is 1.58. The SMILES string of the molecule is Cc1ccc(CNc2ncccc2-c2nc(-c3ccccc3)no2)cc1. The molecule has 0 radical (unpaired) electrons. The number of aromatic nitrogens is 3. The van der Waals surface area contributed by atoms with E-state index in [1.165, 1.54) is 11.1 Å². The maximum atomic E-state index is 5.47. The molecule has 0 aliphatic rings. The van der Waals surface area contributed by atoms with Gasteiger partial charge in [0.05, 0.1) is 5.56 Å². The highest BCUT2D eigenvalue weighted by molar-refractivity contribution is 5.70. The van der Waals surface area contributed by atoms with E-state index in [9.17, 15) is 0 Å². The number of pyridine rings is 1. The molecule has 2 aromatic heterocycles. The highest BCUT2D eigenvalue weighted by Gasteiger charge is 2.14. The van der Waals surface area contributed by atoms with Gasteiger partial charge < -0.3 is 9.84 Å². The highest BCUT2D eigenvalue weighted by Crippen LogP contribution is 2.27. The van der Waals surface area contributed by atoms with Gasteiger partial charge in [0.1, 0.15) is 5.82 Å². The molecule has 0 spiro atoms. The van der Waals surface area contributed by atoms with Crippen molar-refractivity contribution in [1.29, 1.82) is 0 Å². The number of hydrogen-bond acceptors (Lipinski definition) is 5. The first-order valence-corrected chi connectivity index (χ1v) is 8.43. The van der Waals surface area contributed by atoms with Crippen LogP contribution in [-0.4, -0.2) is 15.1 Å². The topological polar surface area (TPSA) is 63.8 Å². The second-order valence-electron chi connectivity index (χ2n) is 6.03. The maximum absolute atomic E-state index is 5.47. The van der Waals surface area contributed by atoms with E-state index in [-0.39, 0.29) is 0 Å². The lowest BCUT2D eigenvalue weighted by atomic mass is 10.1. The van der Waals surface area contributed by atoms with Crippen LogP contribution in [0.15, 0.2) is 77.4 Å². The number of hydrogen-bond donors (Lipinski definition) is 1. The standard InChI is InChI=1S/C21H18N4O/c1-15-9-11-16(12-10-15)14-23-20-18(8-5-13-22-20)21-24-19(25-26-21)17-6-3-2-4-7-17/h2-13H,14H2,1H3,(H,22,23). The summed E-state index contributed by atoms with van der Waals surface area (Å²) in [6.07, 6.45) is 1.75. The van der Waals surface area contributed by atoms with Gasteiger partial charge in [0.25, 0.3) is 5.89 Å². The molecule has 0 saturated carbocycles. The lowest BCUT2D eigenvalue weighted by Gasteiger charge is -2.08. The van der Waals surface area contributed by atoms with E-state index in [4.69, 9.17) is 4.52 Å². The van der Waals surface area contributed by atoms with Crippen LogP contribution in [0.1, 0.15) is 11.1 Å². The number of anilines is 1. The molecule has 4 aromatic rings. The van der Waals surface area contributed by atoms with Crippen molar-refractivity contribution in [2.24, 2.45) is 0 Å². The van der Waals surface area contributed by atoms with E-state index in [0.29, 0.717) is 18.3 Å². The summed E-state index contributed by atoms with van der Waals surface area (Å²) in [5.74, 6) is 1.73. The third kappa shape index (κ3) is 3.47. The van der Waals surface area contributed by atoms with Gasteiger partial charge in [0.15, 0.2) is 0 Å². The molecule has 0 atom stereocenters. The molecule has 128 valence electrons. The summed E-state index contributed by atoms with van der Waals surface area (Å²) < 4.78 is 5.47. The quantitative estimate of drug-likeness (QED) is 0.568. The van der Waals surface area contributed by atoms with Crippen molar-refractivity contribution in [3.63, 3.8) is 0 Å². The molecule has 0 fully saturated rings. The van der Waals surface area contributed by atoms with Gasteiger partial charge in [-0.3, -0.25) is 0 Å². The number of nitrogens with one attached hydrogen (secondary N) is 1. The second-order valence-corrected chi connectivity index (χ2v) is 6.03. The first kappa shape index (κ1) is 16.0. The van der Waals surface area contributed by atoms with Gasteiger partial charge in [-0.15, -0.1) is 0 Å². The molecule has 0 bridgehead atoms. The minimum absolute atomic E-state index is 0.448. The van der Waals surface area contributed by atoms with Crippen LogP contribution in [0.3, 0.4) is 0 Å². The van der Waals surface area contributed by atoms with E-state index in [1.807, 2.05) is 42.5 Å². The molecule has 26 heavy (non-hydrogen) atoms. The fourth-order valence-corrected chi connectivity index (χ4v) is 2.65. The molecule has 0 unspecified atom stereocenters. The first-order valence-electron chi connectivity index (χ1n) is 8.43. The summed E-state index contributed by atoms with van der Waals surface area (Å²) in [4.78, 5) is 8.95. The normalized spacial score (nSPS) is 10.7. The van der Waals surface area contributed by atoms with Gasteiger partial charge in [-0.1, -0.05) is 65.3 Å². The zero-order valence-electron chi connectivity index (χ0n) is 14.4. The molecule has 4 rings (SSSR count). The van der Waals surface area contributed by atoms with Crippen molar-refractivity contribution in [3.8, 4) is 22.8 Å². The van der Waals surface area contributed by atoms with Crippen LogP contribution in [0, 0.1) is 6.92 Å². The Labute approximate surface area is 151 Å². The highest BCUT2D eigenvalue weighted by atomic mass is 16.5. The van der Waals surface area contributed by atoms with Crippen molar-refractivity contribution in [1.82, 2.24) is 15.1 Å². The largest absolute Gasteiger partial charge is 0.365 e. The lowest BCUT2D eigenvalue weighted by molar-refractivity contribution is 0.432. The maximum Gasteiger partial charge on any atom is 0.261 e. The van der Waals surface area contributed by atoms with Crippen molar-refractivity contribution in [3.05, 3.63) is 84.1 Å². The number of rotatable bonds is 5. The van der Waals surface area contributed by atoms with Gasteiger partial charge in [-0.2, -0.15) is 4.98 Å². The van der Waals surface area contributed by atoms with Crippen molar-refractivity contribution in [2.75, 3.05) is 5.32 Å². The molecule has 1 N–H and O–H groups in total. The summed E-state index contributed by atoms with van der Waals surface area (Å²) in [6, 6.07) is 21.9. The Morgan fingerprint density at radius 1 is 0.923 bits per heavy atom. The predicted octanol–water partition coefficient (Wildman–Crippen LogP) is 4.72. The second kappa shape index (κ2) is 7.19. The minimum atomic E-state index is 0.448. The average molecular weight is 342 g/mol. The number of aryl methyl sites for hydroxylation is 1. The summed E-state index contributed by atoms with van der Waals surface area (Å²) in [5.41, 5.74) is 4.13. The fraction of sp³-hybridized carbons (Fsp3) is 0.0952. The van der Waals surface area contributed by atoms with Gasteiger partial charge in [0.2, 0.25) is 5.82 Å². The molecule has 5 nitrogen and oxygen atoms in total. The minimum Gasteiger partial charge on any atom is -0.365 e. The third-order valence-electron chi connectivity index (χ3n) is 4.08. The van der Waals surface area contributed by atoms with Crippen LogP contribution >= 0.6 is 0 Å². The van der Waals surface area contributed by atoms with E-state index < -0.39 is 0 Å².